The van der Waals surface area contributed by atoms with Crippen molar-refractivity contribution >= 4 is 10.0 Å². The monoisotopic (exact) mass is 250 g/mol. The smallest absolute Gasteiger partial charge is 0.207 e. The molecule has 5 heteroatoms. The Bertz CT molecular complexity index is 573. The standard InChI is InChI=1S/C12H14N2O2S/c1-14(8-7-13)17(15,16)12-6-5-10-3-2-4-11(10)9-12/h5-6,9H,2-4,8H2,1H3. The number of hydrogen-bond donors (Lipinski definition) is 0. The van der Waals surface area contributed by atoms with Crippen LogP contribution in [-0.2, 0) is 22.9 Å². The molecule has 0 atom stereocenters. The molecule has 1 aromatic rings. The van der Waals surface area contributed by atoms with Crippen LogP contribution < -0.4 is 0 Å². The van der Waals surface area contributed by atoms with Crippen molar-refractivity contribution in [1.82, 2.24) is 4.31 Å². The second-order valence-electron chi connectivity index (χ2n) is 4.20. The van der Waals surface area contributed by atoms with Crippen LogP contribution in [0.5, 0.6) is 0 Å². The van der Waals surface area contributed by atoms with Gasteiger partial charge in [0.05, 0.1) is 11.0 Å². The summed E-state index contributed by atoms with van der Waals surface area (Å²) in [6.07, 6.45) is 3.07. The summed E-state index contributed by atoms with van der Waals surface area (Å²) >= 11 is 0. The van der Waals surface area contributed by atoms with Gasteiger partial charge in [0.25, 0.3) is 0 Å². The van der Waals surface area contributed by atoms with Crippen molar-refractivity contribution in [3.63, 3.8) is 0 Å². The topological polar surface area (TPSA) is 61.2 Å². The first-order valence-electron chi connectivity index (χ1n) is 5.51. The van der Waals surface area contributed by atoms with Crippen LogP contribution in [0.25, 0.3) is 0 Å². The Labute approximate surface area is 102 Å². The SMILES string of the molecule is CN(CC#N)S(=O)(=O)c1ccc2c(c1)CCC2. The van der Waals surface area contributed by atoms with E-state index in [9.17, 15) is 8.42 Å². The summed E-state index contributed by atoms with van der Waals surface area (Å²) in [6, 6.07) is 7.10. The number of sulfonamides is 1. The average molecular weight is 250 g/mol. The highest BCUT2D eigenvalue weighted by molar-refractivity contribution is 7.89. The van der Waals surface area contributed by atoms with E-state index in [2.05, 4.69) is 0 Å². The fraction of sp³-hybridized carbons (Fsp3) is 0.417. The molecule has 0 saturated heterocycles. The van der Waals surface area contributed by atoms with Crippen LogP contribution in [0.1, 0.15) is 17.5 Å². The summed E-state index contributed by atoms with van der Waals surface area (Å²) in [6.45, 7) is -0.126. The van der Waals surface area contributed by atoms with Crippen molar-refractivity contribution in [2.24, 2.45) is 0 Å². The number of rotatable bonds is 3. The highest BCUT2D eigenvalue weighted by Gasteiger charge is 2.22. The molecule has 0 spiro atoms. The minimum atomic E-state index is -3.51. The Morgan fingerprint density at radius 2 is 2.06 bits per heavy atom. The minimum Gasteiger partial charge on any atom is -0.207 e. The zero-order valence-electron chi connectivity index (χ0n) is 9.68. The summed E-state index contributed by atoms with van der Waals surface area (Å²) in [7, 11) is -2.09. The first-order valence-corrected chi connectivity index (χ1v) is 6.95. The van der Waals surface area contributed by atoms with Crippen LogP contribution in [0.15, 0.2) is 23.1 Å². The lowest BCUT2D eigenvalue weighted by molar-refractivity contribution is 0.501. The first-order chi connectivity index (χ1) is 8.05. The maximum absolute atomic E-state index is 12.1. The zero-order valence-corrected chi connectivity index (χ0v) is 10.5. The molecule has 17 heavy (non-hydrogen) atoms. The molecule has 0 amide bonds. The number of benzene rings is 1. The van der Waals surface area contributed by atoms with Gasteiger partial charge in [-0.15, -0.1) is 0 Å². The lowest BCUT2D eigenvalue weighted by atomic mass is 10.1. The van der Waals surface area contributed by atoms with Crippen LogP contribution >= 0.6 is 0 Å². The molecule has 0 aromatic heterocycles. The minimum absolute atomic E-state index is 0.126. The molecule has 0 aliphatic heterocycles. The van der Waals surface area contributed by atoms with E-state index >= 15 is 0 Å². The number of nitriles is 1. The van der Waals surface area contributed by atoms with E-state index in [-0.39, 0.29) is 11.4 Å². The number of aryl methyl sites for hydroxylation is 2. The fourth-order valence-electron chi connectivity index (χ4n) is 2.07. The van der Waals surface area contributed by atoms with Crippen molar-refractivity contribution < 1.29 is 8.42 Å². The molecular weight excluding hydrogens is 236 g/mol. The lowest BCUT2D eigenvalue weighted by Crippen LogP contribution is -2.27. The van der Waals surface area contributed by atoms with Crippen LogP contribution in [0, 0.1) is 11.3 Å². The number of hydrogen-bond acceptors (Lipinski definition) is 3. The van der Waals surface area contributed by atoms with E-state index in [0.717, 1.165) is 29.1 Å². The van der Waals surface area contributed by atoms with Crippen molar-refractivity contribution in [3.05, 3.63) is 29.3 Å². The molecule has 1 aliphatic carbocycles. The second-order valence-corrected chi connectivity index (χ2v) is 6.25. The van der Waals surface area contributed by atoms with Gasteiger partial charge in [0.2, 0.25) is 10.0 Å². The molecular formula is C12H14N2O2S. The Morgan fingerprint density at radius 1 is 1.35 bits per heavy atom. The summed E-state index contributed by atoms with van der Waals surface area (Å²) in [5.74, 6) is 0. The molecule has 0 unspecified atom stereocenters. The summed E-state index contributed by atoms with van der Waals surface area (Å²) in [5.41, 5.74) is 2.36. The van der Waals surface area contributed by atoms with Gasteiger partial charge in [0.1, 0.15) is 6.54 Å². The maximum atomic E-state index is 12.1. The third-order valence-corrected chi connectivity index (χ3v) is 4.87. The normalized spacial score (nSPS) is 14.6. The molecule has 90 valence electrons. The molecule has 0 bridgehead atoms. The van der Waals surface area contributed by atoms with E-state index in [0.29, 0.717) is 0 Å². The van der Waals surface area contributed by atoms with Gasteiger partial charge < -0.3 is 0 Å². The molecule has 0 saturated carbocycles. The molecule has 1 aliphatic rings. The number of fused-ring (bicyclic) bond motifs is 1. The molecule has 0 radical (unpaired) electrons. The fourth-order valence-corrected chi connectivity index (χ4v) is 3.19. The summed E-state index contributed by atoms with van der Waals surface area (Å²) in [5, 5.41) is 8.55. The van der Waals surface area contributed by atoms with Gasteiger partial charge in [-0.2, -0.15) is 9.57 Å². The van der Waals surface area contributed by atoms with Crippen molar-refractivity contribution in [2.75, 3.05) is 13.6 Å². The Balaban J connectivity index is 2.38. The highest BCUT2D eigenvalue weighted by Crippen LogP contribution is 2.25. The van der Waals surface area contributed by atoms with E-state index in [1.54, 1.807) is 12.1 Å². The molecule has 0 N–H and O–H groups in total. The van der Waals surface area contributed by atoms with Crippen LogP contribution in [0.4, 0.5) is 0 Å². The van der Waals surface area contributed by atoms with Gasteiger partial charge in [-0.3, -0.25) is 0 Å². The van der Waals surface area contributed by atoms with Gasteiger partial charge in [-0.1, -0.05) is 6.07 Å². The summed E-state index contributed by atoms with van der Waals surface area (Å²) < 4.78 is 25.3. The van der Waals surface area contributed by atoms with E-state index in [1.165, 1.54) is 12.6 Å². The first kappa shape index (κ1) is 12.1. The van der Waals surface area contributed by atoms with Crippen molar-refractivity contribution in [2.45, 2.75) is 24.2 Å². The molecule has 1 aromatic carbocycles. The molecule has 4 nitrogen and oxygen atoms in total. The van der Waals surface area contributed by atoms with Gasteiger partial charge in [-0.05, 0) is 42.5 Å². The average Bonchev–Trinajstić information content (AvgIpc) is 2.76. The van der Waals surface area contributed by atoms with E-state index in [1.807, 2.05) is 12.1 Å². The summed E-state index contributed by atoms with van der Waals surface area (Å²) in [4.78, 5) is 0.288. The van der Waals surface area contributed by atoms with Gasteiger partial charge >= 0.3 is 0 Å². The van der Waals surface area contributed by atoms with E-state index in [4.69, 9.17) is 5.26 Å². The Hall–Kier alpha value is -1.38. The van der Waals surface area contributed by atoms with Crippen LogP contribution in [0.2, 0.25) is 0 Å². The van der Waals surface area contributed by atoms with Crippen molar-refractivity contribution in [1.29, 1.82) is 5.26 Å². The van der Waals surface area contributed by atoms with Crippen molar-refractivity contribution in [3.8, 4) is 6.07 Å². The third-order valence-electron chi connectivity index (χ3n) is 3.07. The largest absolute Gasteiger partial charge is 0.243 e. The lowest BCUT2D eigenvalue weighted by Gasteiger charge is -2.14. The van der Waals surface area contributed by atoms with Crippen LogP contribution in [0.3, 0.4) is 0 Å². The van der Waals surface area contributed by atoms with Gasteiger partial charge in [-0.25, -0.2) is 8.42 Å². The maximum Gasteiger partial charge on any atom is 0.243 e. The second kappa shape index (κ2) is 4.47. The predicted molar refractivity (Wildman–Crippen MR) is 63.9 cm³/mol. The number of nitrogens with zero attached hydrogens (tertiary/aromatic N) is 2. The molecule has 2 rings (SSSR count). The van der Waals surface area contributed by atoms with Gasteiger partial charge in [0, 0.05) is 7.05 Å². The van der Waals surface area contributed by atoms with E-state index < -0.39 is 10.0 Å². The predicted octanol–water partition coefficient (Wildman–Crippen LogP) is 1.32. The Morgan fingerprint density at radius 3 is 2.76 bits per heavy atom. The Kier molecular flexibility index (Phi) is 3.18. The molecule has 0 heterocycles. The molecule has 0 fully saturated rings. The zero-order chi connectivity index (χ0) is 12.5. The van der Waals surface area contributed by atoms with Gasteiger partial charge in [0.15, 0.2) is 0 Å². The highest BCUT2D eigenvalue weighted by atomic mass is 32.2. The quantitative estimate of drug-likeness (QED) is 0.760. The van der Waals surface area contributed by atoms with Crippen LogP contribution in [-0.4, -0.2) is 26.3 Å². The third kappa shape index (κ3) is 2.19.